The highest BCUT2D eigenvalue weighted by Crippen LogP contribution is 2.28. The standard InChI is InChI=1S/C17H20ClN3/c1-13-3-2-4-16(18)17(13)20-14-7-11-21(12-8-14)15-5-9-19-10-6-15/h2-6,9-10,14,20H,7-8,11-12H2,1H3. The Morgan fingerprint density at radius 3 is 2.52 bits per heavy atom. The zero-order chi connectivity index (χ0) is 14.7. The summed E-state index contributed by atoms with van der Waals surface area (Å²) < 4.78 is 0. The Morgan fingerprint density at radius 1 is 1.14 bits per heavy atom. The predicted molar refractivity (Wildman–Crippen MR) is 89.3 cm³/mol. The summed E-state index contributed by atoms with van der Waals surface area (Å²) in [5.74, 6) is 0. The van der Waals surface area contributed by atoms with Crippen LogP contribution in [0.25, 0.3) is 0 Å². The second kappa shape index (κ2) is 6.35. The molecule has 2 heterocycles. The minimum absolute atomic E-state index is 0.488. The van der Waals surface area contributed by atoms with Crippen LogP contribution < -0.4 is 10.2 Å². The molecule has 0 amide bonds. The van der Waals surface area contributed by atoms with Gasteiger partial charge in [-0.15, -0.1) is 0 Å². The predicted octanol–water partition coefficient (Wildman–Crippen LogP) is 4.12. The van der Waals surface area contributed by atoms with Gasteiger partial charge in [0.15, 0.2) is 0 Å². The molecule has 3 nitrogen and oxygen atoms in total. The molecular formula is C17H20ClN3. The highest BCUT2D eigenvalue weighted by atomic mass is 35.5. The van der Waals surface area contributed by atoms with Crippen LogP contribution in [-0.2, 0) is 0 Å². The lowest BCUT2D eigenvalue weighted by Crippen LogP contribution is -2.39. The van der Waals surface area contributed by atoms with Crippen molar-refractivity contribution in [3.05, 3.63) is 53.3 Å². The number of rotatable bonds is 3. The lowest BCUT2D eigenvalue weighted by Gasteiger charge is -2.34. The van der Waals surface area contributed by atoms with E-state index in [0.717, 1.165) is 36.6 Å². The molecule has 1 N–H and O–H groups in total. The summed E-state index contributed by atoms with van der Waals surface area (Å²) in [5.41, 5.74) is 3.55. The van der Waals surface area contributed by atoms with E-state index >= 15 is 0 Å². The average Bonchev–Trinajstić information content (AvgIpc) is 2.53. The van der Waals surface area contributed by atoms with E-state index < -0.39 is 0 Å². The molecule has 0 radical (unpaired) electrons. The molecule has 1 aliphatic rings. The molecule has 1 fully saturated rings. The lowest BCUT2D eigenvalue weighted by atomic mass is 10.0. The van der Waals surface area contributed by atoms with E-state index in [1.54, 1.807) is 0 Å². The normalized spacial score (nSPS) is 16.0. The summed E-state index contributed by atoms with van der Waals surface area (Å²) in [7, 11) is 0. The maximum atomic E-state index is 6.29. The molecule has 0 bridgehead atoms. The number of halogens is 1. The summed E-state index contributed by atoms with van der Waals surface area (Å²) in [4.78, 5) is 6.49. The number of hydrogen-bond donors (Lipinski definition) is 1. The van der Waals surface area contributed by atoms with Crippen LogP contribution in [0.3, 0.4) is 0 Å². The van der Waals surface area contributed by atoms with Crippen LogP contribution >= 0.6 is 11.6 Å². The van der Waals surface area contributed by atoms with Gasteiger partial charge in [-0.1, -0.05) is 23.7 Å². The largest absolute Gasteiger partial charge is 0.381 e. The third kappa shape index (κ3) is 3.30. The minimum Gasteiger partial charge on any atom is -0.381 e. The number of piperidine rings is 1. The van der Waals surface area contributed by atoms with E-state index in [2.05, 4.69) is 40.3 Å². The number of nitrogens with one attached hydrogen (secondary N) is 1. The first-order chi connectivity index (χ1) is 10.2. The number of anilines is 2. The molecule has 0 saturated carbocycles. The summed E-state index contributed by atoms with van der Waals surface area (Å²) in [6, 6.07) is 10.7. The summed E-state index contributed by atoms with van der Waals surface area (Å²) in [6.45, 7) is 4.22. The third-order valence-corrected chi connectivity index (χ3v) is 4.41. The SMILES string of the molecule is Cc1cccc(Cl)c1NC1CCN(c2ccncc2)CC1. The zero-order valence-electron chi connectivity index (χ0n) is 12.2. The number of hydrogen-bond acceptors (Lipinski definition) is 3. The highest BCUT2D eigenvalue weighted by Gasteiger charge is 2.20. The monoisotopic (exact) mass is 301 g/mol. The molecule has 0 spiro atoms. The second-order valence-corrected chi connectivity index (χ2v) is 5.95. The second-order valence-electron chi connectivity index (χ2n) is 5.54. The molecule has 2 aromatic rings. The van der Waals surface area contributed by atoms with E-state index in [4.69, 9.17) is 11.6 Å². The first-order valence-electron chi connectivity index (χ1n) is 7.40. The Labute approximate surface area is 131 Å². The highest BCUT2D eigenvalue weighted by molar-refractivity contribution is 6.33. The first-order valence-corrected chi connectivity index (χ1v) is 7.78. The van der Waals surface area contributed by atoms with E-state index in [-0.39, 0.29) is 0 Å². The van der Waals surface area contributed by atoms with Gasteiger partial charge in [0.25, 0.3) is 0 Å². The molecule has 4 heteroatoms. The Hall–Kier alpha value is -1.74. The van der Waals surface area contributed by atoms with Crippen molar-refractivity contribution in [1.29, 1.82) is 0 Å². The van der Waals surface area contributed by atoms with Crippen molar-refractivity contribution in [1.82, 2.24) is 4.98 Å². The van der Waals surface area contributed by atoms with Gasteiger partial charge in [-0.3, -0.25) is 4.98 Å². The van der Waals surface area contributed by atoms with Crippen molar-refractivity contribution < 1.29 is 0 Å². The number of pyridine rings is 1. The Bertz CT molecular complexity index is 572. The fourth-order valence-corrected chi connectivity index (χ4v) is 3.13. The van der Waals surface area contributed by atoms with Crippen molar-refractivity contribution in [2.45, 2.75) is 25.8 Å². The Balaban J connectivity index is 1.62. The summed E-state index contributed by atoms with van der Waals surface area (Å²) in [5, 5.41) is 4.43. The zero-order valence-corrected chi connectivity index (χ0v) is 13.0. The molecule has 1 aromatic carbocycles. The van der Waals surface area contributed by atoms with E-state index in [1.165, 1.54) is 11.3 Å². The molecule has 21 heavy (non-hydrogen) atoms. The summed E-state index contributed by atoms with van der Waals surface area (Å²) >= 11 is 6.29. The summed E-state index contributed by atoms with van der Waals surface area (Å²) in [6.07, 6.45) is 5.94. The maximum Gasteiger partial charge on any atom is 0.0640 e. The fraction of sp³-hybridized carbons (Fsp3) is 0.353. The first kappa shape index (κ1) is 14.2. The van der Waals surface area contributed by atoms with Crippen molar-refractivity contribution in [3.8, 4) is 0 Å². The van der Waals surface area contributed by atoms with E-state index in [1.807, 2.05) is 24.5 Å². The van der Waals surface area contributed by atoms with Crippen molar-refractivity contribution in [2.24, 2.45) is 0 Å². The van der Waals surface area contributed by atoms with Gasteiger partial charge in [-0.25, -0.2) is 0 Å². The Kier molecular flexibility index (Phi) is 4.30. The number of nitrogens with zero attached hydrogens (tertiary/aromatic N) is 2. The van der Waals surface area contributed by atoms with Crippen LogP contribution in [0.15, 0.2) is 42.7 Å². The van der Waals surface area contributed by atoms with Crippen LogP contribution in [0, 0.1) is 6.92 Å². The molecule has 3 rings (SSSR count). The van der Waals surface area contributed by atoms with Crippen molar-refractivity contribution >= 4 is 23.0 Å². The molecule has 110 valence electrons. The number of para-hydroxylation sites is 1. The molecule has 0 aliphatic carbocycles. The number of aryl methyl sites for hydroxylation is 1. The third-order valence-electron chi connectivity index (χ3n) is 4.09. The molecular weight excluding hydrogens is 282 g/mol. The van der Waals surface area contributed by atoms with Crippen molar-refractivity contribution in [3.63, 3.8) is 0 Å². The van der Waals surface area contributed by atoms with Gasteiger partial charge in [-0.2, -0.15) is 0 Å². The minimum atomic E-state index is 0.488. The number of aromatic nitrogens is 1. The molecule has 1 saturated heterocycles. The van der Waals surface area contributed by atoms with E-state index in [0.29, 0.717) is 6.04 Å². The van der Waals surface area contributed by atoms with Crippen LogP contribution in [0.2, 0.25) is 5.02 Å². The van der Waals surface area contributed by atoms with Gasteiger partial charge in [0.2, 0.25) is 0 Å². The van der Waals surface area contributed by atoms with Crippen LogP contribution in [0.4, 0.5) is 11.4 Å². The van der Waals surface area contributed by atoms with Gasteiger partial charge >= 0.3 is 0 Å². The molecule has 0 unspecified atom stereocenters. The average molecular weight is 302 g/mol. The molecule has 1 aliphatic heterocycles. The van der Waals surface area contributed by atoms with Gasteiger partial charge in [0, 0.05) is 37.2 Å². The lowest BCUT2D eigenvalue weighted by molar-refractivity contribution is 0.526. The van der Waals surface area contributed by atoms with Crippen molar-refractivity contribution in [2.75, 3.05) is 23.3 Å². The van der Waals surface area contributed by atoms with Crippen LogP contribution in [0.5, 0.6) is 0 Å². The fourth-order valence-electron chi connectivity index (χ4n) is 2.86. The van der Waals surface area contributed by atoms with Gasteiger partial charge in [0.1, 0.15) is 0 Å². The smallest absolute Gasteiger partial charge is 0.0640 e. The quantitative estimate of drug-likeness (QED) is 0.924. The van der Waals surface area contributed by atoms with Gasteiger partial charge < -0.3 is 10.2 Å². The van der Waals surface area contributed by atoms with Gasteiger partial charge in [-0.05, 0) is 43.5 Å². The van der Waals surface area contributed by atoms with Crippen LogP contribution in [0.1, 0.15) is 18.4 Å². The van der Waals surface area contributed by atoms with E-state index in [9.17, 15) is 0 Å². The Morgan fingerprint density at radius 2 is 1.86 bits per heavy atom. The van der Waals surface area contributed by atoms with Gasteiger partial charge in [0.05, 0.1) is 10.7 Å². The topological polar surface area (TPSA) is 28.2 Å². The van der Waals surface area contributed by atoms with Crippen LogP contribution in [-0.4, -0.2) is 24.1 Å². The maximum absolute atomic E-state index is 6.29. The molecule has 1 aromatic heterocycles. The number of benzene rings is 1. The molecule has 0 atom stereocenters.